The topological polar surface area (TPSA) is 35.5 Å². The Morgan fingerprint density at radius 3 is 2.03 bits per heavy atom. The number of esters is 1. The summed E-state index contributed by atoms with van der Waals surface area (Å²) in [5.74, 6) is 0.234. The lowest BCUT2D eigenvalue weighted by molar-refractivity contribution is 0.0734. The normalized spacial score (nSPS) is 10.6. The second kappa shape index (κ2) is 11.9. The van der Waals surface area contributed by atoms with Crippen LogP contribution in [-0.2, 0) is 0 Å². The van der Waals surface area contributed by atoms with Crippen molar-refractivity contribution in [2.45, 2.75) is 45.4 Å². The summed E-state index contributed by atoms with van der Waals surface area (Å²) in [6.45, 7) is 2.97. The first-order valence-electron chi connectivity index (χ1n) is 11.0. The van der Waals surface area contributed by atoms with Crippen LogP contribution in [0.4, 0.5) is 4.39 Å². The first kappa shape index (κ1) is 22.5. The van der Waals surface area contributed by atoms with Crippen LogP contribution < -0.4 is 9.47 Å². The predicted octanol–water partition coefficient (Wildman–Crippen LogP) is 7.45. The van der Waals surface area contributed by atoms with Crippen molar-refractivity contribution in [1.29, 1.82) is 0 Å². The molecule has 0 radical (unpaired) electrons. The van der Waals surface area contributed by atoms with E-state index in [9.17, 15) is 9.18 Å². The van der Waals surface area contributed by atoms with Crippen molar-refractivity contribution >= 4 is 5.97 Å². The molecule has 0 atom stereocenters. The van der Waals surface area contributed by atoms with Crippen LogP contribution in [0.25, 0.3) is 11.1 Å². The summed E-state index contributed by atoms with van der Waals surface area (Å²) in [7, 11) is 0. The summed E-state index contributed by atoms with van der Waals surface area (Å²) in [5.41, 5.74) is 2.24. The van der Waals surface area contributed by atoms with Crippen LogP contribution >= 0.6 is 0 Å². The maximum atomic E-state index is 13.3. The van der Waals surface area contributed by atoms with Crippen LogP contribution in [0.15, 0.2) is 72.8 Å². The van der Waals surface area contributed by atoms with Crippen molar-refractivity contribution in [3.8, 4) is 22.6 Å². The van der Waals surface area contributed by atoms with Crippen molar-refractivity contribution in [1.82, 2.24) is 0 Å². The van der Waals surface area contributed by atoms with Crippen molar-refractivity contribution in [3.05, 3.63) is 84.2 Å². The Morgan fingerprint density at radius 1 is 0.774 bits per heavy atom. The van der Waals surface area contributed by atoms with E-state index in [2.05, 4.69) is 6.92 Å². The van der Waals surface area contributed by atoms with Gasteiger partial charge in [-0.1, -0.05) is 69.4 Å². The zero-order valence-electron chi connectivity index (χ0n) is 18.0. The van der Waals surface area contributed by atoms with E-state index in [1.54, 1.807) is 12.1 Å². The van der Waals surface area contributed by atoms with Crippen LogP contribution in [0, 0.1) is 5.82 Å². The van der Waals surface area contributed by atoms with Crippen molar-refractivity contribution in [3.63, 3.8) is 0 Å². The van der Waals surface area contributed by atoms with Gasteiger partial charge in [-0.2, -0.15) is 0 Å². The smallest absolute Gasteiger partial charge is 0.343 e. The summed E-state index contributed by atoms with van der Waals surface area (Å²) < 4.78 is 24.4. The molecule has 0 spiro atoms. The molecule has 3 aromatic rings. The molecule has 162 valence electrons. The Kier molecular flexibility index (Phi) is 8.65. The quantitative estimate of drug-likeness (QED) is 0.184. The number of rotatable bonds is 11. The Labute approximate surface area is 183 Å². The SMILES string of the molecule is CCCCCCCCOc1ccc(-c2ccc(OC(=O)c3cccc(F)c3)cc2)cc1. The van der Waals surface area contributed by atoms with Gasteiger partial charge < -0.3 is 9.47 Å². The second-order valence-corrected chi connectivity index (χ2v) is 7.56. The lowest BCUT2D eigenvalue weighted by Gasteiger charge is -2.09. The van der Waals surface area contributed by atoms with Gasteiger partial charge in [0, 0.05) is 0 Å². The minimum absolute atomic E-state index is 0.181. The molecule has 0 aliphatic rings. The monoisotopic (exact) mass is 420 g/mol. The maximum absolute atomic E-state index is 13.3. The van der Waals surface area contributed by atoms with E-state index in [1.807, 2.05) is 36.4 Å². The van der Waals surface area contributed by atoms with Crippen LogP contribution in [0.5, 0.6) is 11.5 Å². The van der Waals surface area contributed by atoms with Gasteiger partial charge in [0.1, 0.15) is 17.3 Å². The molecule has 0 aliphatic carbocycles. The number of carbonyl (C=O) groups excluding carboxylic acids is 1. The summed E-state index contributed by atoms with van der Waals surface area (Å²) in [6.07, 6.45) is 7.48. The van der Waals surface area contributed by atoms with E-state index in [0.29, 0.717) is 5.75 Å². The fourth-order valence-electron chi connectivity index (χ4n) is 3.31. The van der Waals surface area contributed by atoms with E-state index >= 15 is 0 Å². The summed E-state index contributed by atoms with van der Waals surface area (Å²) in [5, 5.41) is 0. The number of ether oxygens (including phenoxy) is 2. The zero-order valence-corrected chi connectivity index (χ0v) is 18.0. The number of halogens is 1. The van der Waals surface area contributed by atoms with E-state index in [-0.39, 0.29) is 5.56 Å². The molecule has 0 heterocycles. The fourth-order valence-corrected chi connectivity index (χ4v) is 3.31. The fraction of sp³-hybridized carbons (Fsp3) is 0.296. The molecule has 3 nitrogen and oxygen atoms in total. The second-order valence-electron chi connectivity index (χ2n) is 7.56. The average molecular weight is 421 g/mol. The third-order valence-corrected chi connectivity index (χ3v) is 5.08. The summed E-state index contributed by atoms with van der Waals surface area (Å²) in [4.78, 5) is 12.1. The number of hydrogen-bond donors (Lipinski definition) is 0. The molecule has 0 saturated heterocycles. The summed E-state index contributed by atoms with van der Waals surface area (Å²) in [6, 6.07) is 20.7. The van der Waals surface area contributed by atoms with Gasteiger partial charge in [0.25, 0.3) is 0 Å². The molecule has 0 aromatic heterocycles. The number of hydrogen-bond acceptors (Lipinski definition) is 3. The maximum Gasteiger partial charge on any atom is 0.343 e. The molecule has 4 heteroatoms. The van der Waals surface area contributed by atoms with Gasteiger partial charge in [-0.3, -0.25) is 0 Å². The first-order valence-corrected chi connectivity index (χ1v) is 11.0. The average Bonchev–Trinajstić information content (AvgIpc) is 2.79. The van der Waals surface area contributed by atoms with Gasteiger partial charge in [0.15, 0.2) is 0 Å². The van der Waals surface area contributed by atoms with Gasteiger partial charge in [-0.05, 0) is 60.0 Å². The highest BCUT2D eigenvalue weighted by molar-refractivity contribution is 5.91. The van der Waals surface area contributed by atoms with Gasteiger partial charge in [-0.25, -0.2) is 9.18 Å². The Hall–Kier alpha value is -3.14. The van der Waals surface area contributed by atoms with Gasteiger partial charge >= 0.3 is 5.97 Å². The predicted molar refractivity (Wildman–Crippen MR) is 122 cm³/mol. The highest BCUT2D eigenvalue weighted by Crippen LogP contribution is 2.25. The first-order chi connectivity index (χ1) is 15.2. The van der Waals surface area contributed by atoms with E-state index in [0.717, 1.165) is 36.0 Å². The highest BCUT2D eigenvalue weighted by Gasteiger charge is 2.09. The van der Waals surface area contributed by atoms with Gasteiger partial charge in [-0.15, -0.1) is 0 Å². The summed E-state index contributed by atoms with van der Waals surface area (Å²) >= 11 is 0. The number of carbonyl (C=O) groups is 1. The van der Waals surface area contributed by atoms with Crippen LogP contribution in [0.3, 0.4) is 0 Å². The lowest BCUT2D eigenvalue weighted by atomic mass is 10.1. The van der Waals surface area contributed by atoms with E-state index in [1.165, 1.54) is 50.3 Å². The molecular weight excluding hydrogens is 391 g/mol. The van der Waals surface area contributed by atoms with Crippen LogP contribution in [0.1, 0.15) is 55.8 Å². The molecule has 0 aliphatic heterocycles. The standard InChI is InChI=1S/C27H29FO3/c1-2-3-4-5-6-7-19-30-25-15-11-21(12-16-25)22-13-17-26(18-14-22)31-27(29)23-9-8-10-24(28)20-23/h8-18,20H,2-7,19H2,1H3. The highest BCUT2D eigenvalue weighted by atomic mass is 19.1. The number of unbranched alkanes of at least 4 members (excludes halogenated alkanes) is 5. The van der Waals surface area contributed by atoms with Crippen molar-refractivity contribution in [2.75, 3.05) is 6.61 Å². The van der Waals surface area contributed by atoms with E-state index in [4.69, 9.17) is 9.47 Å². The third-order valence-electron chi connectivity index (χ3n) is 5.08. The van der Waals surface area contributed by atoms with Crippen LogP contribution in [0.2, 0.25) is 0 Å². The van der Waals surface area contributed by atoms with Gasteiger partial charge in [0.2, 0.25) is 0 Å². The minimum Gasteiger partial charge on any atom is -0.494 e. The van der Waals surface area contributed by atoms with Crippen molar-refractivity contribution in [2.24, 2.45) is 0 Å². The molecule has 3 aromatic carbocycles. The lowest BCUT2D eigenvalue weighted by Crippen LogP contribution is -2.08. The molecule has 0 unspecified atom stereocenters. The minimum atomic E-state index is -0.584. The molecule has 31 heavy (non-hydrogen) atoms. The molecule has 0 saturated carbocycles. The molecule has 3 rings (SSSR count). The van der Waals surface area contributed by atoms with Crippen molar-refractivity contribution < 1.29 is 18.7 Å². The molecule has 0 N–H and O–H groups in total. The zero-order chi connectivity index (χ0) is 21.9. The number of benzene rings is 3. The molecular formula is C27H29FO3. The third kappa shape index (κ3) is 7.25. The van der Waals surface area contributed by atoms with E-state index < -0.39 is 11.8 Å². The molecule has 0 fully saturated rings. The molecule has 0 amide bonds. The Morgan fingerprint density at radius 2 is 1.39 bits per heavy atom. The van der Waals surface area contributed by atoms with Crippen LogP contribution in [-0.4, -0.2) is 12.6 Å². The largest absolute Gasteiger partial charge is 0.494 e. The molecule has 0 bridgehead atoms. The van der Waals surface area contributed by atoms with Gasteiger partial charge in [0.05, 0.1) is 12.2 Å². The Bertz CT molecular complexity index is 949. The Balaban J connectivity index is 1.48.